The number of nitrogens with one attached hydrogen (secondary N) is 1. The summed E-state index contributed by atoms with van der Waals surface area (Å²) in [5.41, 5.74) is 0.911. The van der Waals surface area contributed by atoms with E-state index in [2.05, 4.69) is 21.2 Å². The monoisotopic (exact) mass is 371 g/mol. The SMILES string of the molecule is Fc1cc(Br)cc(F)c1NC(c1ccc(Cl)cc1)C1CC1. The van der Waals surface area contributed by atoms with Crippen LogP contribution in [0.1, 0.15) is 24.4 Å². The summed E-state index contributed by atoms with van der Waals surface area (Å²) in [7, 11) is 0. The van der Waals surface area contributed by atoms with Gasteiger partial charge in [-0.1, -0.05) is 39.7 Å². The van der Waals surface area contributed by atoms with Gasteiger partial charge in [-0.25, -0.2) is 8.78 Å². The number of anilines is 1. The highest BCUT2D eigenvalue weighted by Gasteiger charge is 2.33. The average molecular weight is 373 g/mol. The van der Waals surface area contributed by atoms with Gasteiger partial charge in [-0.05, 0) is 48.6 Å². The smallest absolute Gasteiger partial charge is 0.150 e. The highest BCUT2D eigenvalue weighted by molar-refractivity contribution is 9.10. The van der Waals surface area contributed by atoms with Crippen LogP contribution in [0.15, 0.2) is 40.9 Å². The second kappa shape index (κ2) is 5.93. The van der Waals surface area contributed by atoms with Crippen LogP contribution < -0.4 is 5.32 Å². The minimum atomic E-state index is -0.596. The Kier molecular flexibility index (Phi) is 4.18. The predicted molar refractivity (Wildman–Crippen MR) is 84.6 cm³/mol. The molecule has 0 aliphatic heterocycles. The highest BCUT2D eigenvalue weighted by atomic mass is 79.9. The molecular weight excluding hydrogens is 360 g/mol. The van der Waals surface area contributed by atoms with E-state index in [1.165, 1.54) is 12.1 Å². The van der Waals surface area contributed by atoms with Gasteiger partial charge in [0.1, 0.15) is 17.3 Å². The molecule has 1 aliphatic rings. The first-order valence-electron chi connectivity index (χ1n) is 6.71. The molecule has 2 aromatic carbocycles. The predicted octanol–water partition coefficient (Wildman–Crippen LogP) is 5.94. The van der Waals surface area contributed by atoms with Crippen molar-refractivity contribution in [1.29, 1.82) is 0 Å². The largest absolute Gasteiger partial charge is 0.373 e. The first-order valence-corrected chi connectivity index (χ1v) is 7.88. The minimum Gasteiger partial charge on any atom is -0.373 e. The molecule has 1 nitrogen and oxygen atoms in total. The highest BCUT2D eigenvalue weighted by Crippen LogP contribution is 2.43. The molecule has 1 unspecified atom stereocenters. The van der Waals surface area contributed by atoms with E-state index < -0.39 is 11.6 Å². The third-order valence-corrected chi connectivity index (χ3v) is 4.34. The summed E-state index contributed by atoms with van der Waals surface area (Å²) >= 11 is 8.98. The zero-order chi connectivity index (χ0) is 15.0. The Labute approximate surface area is 135 Å². The van der Waals surface area contributed by atoms with Gasteiger partial charge in [0.05, 0.1) is 6.04 Å². The van der Waals surface area contributed by atoms with Crippen molar-refractivity contribution < 1.29 is 8.78 Å². The zero-order valence-electron chi connectivity index (χ0n) is 11.0. The van der Waals surface area contributed by atoms with E-state index in [4.69, 9.17) is 11.6 Å². The molecule has 0 aromatic heterocycles. The van der Waals surface area contributed by atoms with Gasteiger partial charge in [-0.3, -0.25) is 0 Å². The fourth-order valence-electron chi connectivity index (χ4n) is 2.41. The third kappa shape index (κ3) is 3.38. The normalized spacial score (nSPS) is 15.8. The van der Waals surface area contributed by atoms with E-state index in [9.17, 15) is 8.78 Å². The molecule has 0 heterocycles. The van der Waals surface area contributed by atoms with Crippen molar-refractivity contribution in [1.82, 2.24) is 0 Å². The van der Waals surface area contributed by atoms with Gasteiger partial charge >= 0.3 is 0 Å². The van der Waals surface area contributed by atoms with Crippen LogP contribution in [-0.4, -0.2) is 0 Å². The molecule has 5 heteroatoms. The van der Waals surface area contributed by atoms with Gasteiger partial charge in [0.15, 0.2) is 0 Å². The van der Waals surface area contributed by atoms with Gasteiger partial charge < -0.3 is 5.32 Å². The van der Waals surface area contributed by atoms with Crippen molar-refractivity contribution in [3.63, 3.8) is 0 Å². The van der Waals surface area contributed by atoms with E-state index in [1.54, 1.807) is 12.1 Å². The van der Waals surface area contributed by atoms with E-state index >= 15 is 0 Å². The van der Waals surface area contributed by atoms with Gasteiger partial charge in [-0.2, -0.15) is 0 Å². The summed E-state index contributed by atoms with van der Waals surface area (Å²) in [5, 5.41) is 3.67. The van der Waals surface area contributed by atoms with Crippen molar-refractivity contribution in [2.45, 2.75) is 18.9 Å². The standard InChI is InChI=1S/C16H13BrClF2N/c17-11-7-13(19)16(14(20)8-11)21-15(9-1-2-9)10-3-5-12(18)6-4-10/h3-9,15,21H,1-2H2. The molecular formula is C16H13BrClF2N. The van der Waals surface area contributed by atoms with Crippen LogP contribution in [0.25, 0.3) is 0 Å². The first-order chi connectivity index (χ1) is 10.0. The van der Waals surface area contributed by atoms with Crippen LogP contribution in [0, 0.1) is 17.6 Å². The van der Waals surface area contributed by atoms with Crippen molar-refractivity contribution in [2.75, 3.05) is 5.32 Å². The molecule has 21 heavy (non-hydrogen) atoms. The molecule has 1 atom stereocenters. The van der Waals surface area contributed by atoms with Crippen LogP contribution >= 0.6 is 27.5 Å². The average Bonchev–Trinajstić information content (AvgIpc) is 3.24. The molecule has 1 N–H and O–H groups in total. The van der Waals surface area contributed by atoms with Crippen LogP contribution in [0.5, 0.6) is 0 Å². The molecule has 0 saturated heterocycles. The third-order valence-electron chi connectivity index (χ3n) is 3.63. The van der Waals surface area contributed by atoms with Gasteiger partial charge in [0.2, 0.25) is 0 Å². The molecule has 2 aromatic rings. The number of halogens is 4. The van der Waals surface area contributed by atoms with Crippen LogP contribution in [0.2, 0.25) is 5.02 Å². The Morgan fingerprint density at radius 3 is 2.19 bits per heavy atom. The summed E-state index contributed by atoms with van der Waals surface area (Å²) in [6.45, 7) is 0. The molecule has 110 valence electrons. The quantitative estimate of drug-likeness (QED) is 0.700. The van der Waals surface area contributed by atoms with E-state index in [-0.39, 0.29) is 11.7 Å². The van der Waals surface area contributed by atoms with E-state index in [0.29, 0.717) is 15.4 Å². The van der Waals surface area contributed by atoms with Crippen molar-refractivity contribution in [2.24, 2.45) is 5.92 Å². The fraction of sp³-hybridized carbons (Fsp3) is 0.250. The summed E-state index contributed by atoms with van der Waals surface area (Å²) in [5.74, 6) is -0.795. The second-order valence-electron chi connectivity index (χ2n) is 5.26. The molecule has 1 aliphatic carbocycles. The summed E-state index contributed by atoms with van der Waals surface area (Å²) < 4.78 is 28.3. The molecule has 0 radical (unpaired) electrons. The number of hydrogen-bond donors (Lipinski definition) is 1. The first kappa shape index (κ1) is 14.8. The number of rotatable bonds is 4. The summed E-state index contributed by atoms with van der Waals surface area (Å²) in [4.78, 5) is 0. The van der Waals surface area contributed by atoms with Crippen molar-refractivity contribution in [3.8, 4) is 0 Å². The maximum atomic E-state index is 14.0. The maximum Gasteiger partial charge on any atom is 0.150 e. The molecule has 0 bridgehead atoms. The van der Waals surface area contributed by atoms with Crippen LogP contribution in [0.3, 0.4) is 0 Å². The summed E-state index contributed by atoms with van der Waals surface area (Å²) in [6.07, 6.45) is 2.11. The van der Waals surface area contributed by atoms with Crippen molar-refractivity contribution in [3.05, 3.63) is 63.1 Å². The Morgan fingerprint density at radius 1 is 1.10 bits per heavy atom. The van der Waals surface area contributed by atoms with Gasteiger partial charge in [0.25, 0.3) is 0 Å². The Morgan fingerprint density at radius 2 is 1.67 bits per heavy atom. The Bertz CT molecular complexity index is 633. The molecule has 0 amide bonds. The molecule has 1 fully saturated rings. The molecule has 1 saturated carbocycles. The van der Waals surface area contributed by atoms with Crippen molar-refractivity contribution >= 4 is 33.2 Å². The van der Waals surface area contributed by atoms with Gasteiger partial charge in [-0.15, -0.1) is 0 Å². The Hall–Kier alpha value is -1.13. The van der Waals surface area contributed by atoms with Crippen LogP contribution in [-0.2, 0) is 0 Å². The van der Waals surface area contributed by atoms with Crippen LogP contribution in [0.4, 0.5) is 14.5 Å². The second-order valence-corrected chi connectivity index (χ2v) is 6.61. The zero-order valence-corrected chi connectivity index (χ0v) is 13.4. The minimum absolute atomic E-state index is 0.0787. The lowest BCUT2D eigenvalue weighted by Crippen LogP contribution is -2.15. The van der Waals surface area contributed by atoms with Gasteiger partial charge in [0, 0.05) is 9.50 Å². The lowest BCUT2D eigenvalue weighted by atomic mass is 10.0. The molecule has 0 spiro atoms. The topological polar surface area (TPSA) is 12.0 Å². The number of benzene rings is 2. The summed E-state index contributed by atoms with van der Waals surface area (Å²) in [6, 6.07) is 9.80. The number of hydrogen-bond acceptors (Lipinski definition) is 1. The van der Waals surface area contributed by atoms with E-state index in [1.807, 2.05) is 12.1 Å². The fourth-order valence-corrected chi connectivity index (χ4v) is 2.94. The Balaban J connectivity index is 1.91. The lowest BCUT2D eigenvalue weighted by Gasteiger charge is -2.21. The van der Waals surface area contributed by atoms with E-state index in [0.717, 1.165) is 18.4 Å². The lowest BCUT2D eigenvalue weighted by molar-refractivity contribution is 0.574. The molecule has 3 rings (SSSR count). The maximum absolute atomic E-state index is 14.0.